The predicted molar refractivity (Wildman–Crippen MR) is 79.2 cm³/mol. The minimum Gasteiger partial charge on any atom is -0.374 e. The second kappa shape index (κ2) is 5.75. The zero-order chi connectivity index (χ0) is 13.1. The van der Waals surface area contributed by atoms with E-state index in [0.29, 0.717) is 12.0 Å². The molecule has 0 saturated carbocycles. The molecular formula is C16H26N2. The lowest BCUT2D eigenvalue weighted by atomic mass is 10.0. The number of rotatable bonds is 5. The smallest absolute Gasteiger partial charge is 0.0397 e. The van der Waals surface area contributed by atoms with Crippen molar-refractivity contribution < 1.29 is 0 Å². The van der Waals surface area contributed by atoms with E-state index >= 15 is 0 Å². The van der Waals surface area contributed by atoms with E-state index in [0.717, 1.165) is 13.1 Å². The second-order valence-corrected chi connectivity index (χ2v) is 5.77. The minimum absolute atomic E-state index is 0.626. The van der Waals surface area contributed by atoms with Crippen LogP contribution in [0.2, 0.25) is 0 Å². The van der Waals surface area contributed by atoms with E-state index in [9.17, 15) is 0 Å². The summed E-state index contributed by atoms with van der Waals surface area (Å²) in [6.45, 7) is 9.00. The van der Waals surface area contributed by atoms with Crippen LogP contribution in [0.15, 0.2) is 18.2 Å². The van der Waals surface area contributed by atoms with Gasteiger partial charge in [0.15, 0.2) is 0 Å². The molecule has 0 spiro atoms. The van der Waals surface area contributed by atoms with E-state index in [1.807, 2.05) is 0 Å². The number of likely N-dealkylation sites (N-methyl/N-ethyl adjacent to an activating group) is 1. The summed E-state index contributed by atoms with van der Waals surface area (Å²) < 4.78 is 0. The van der Waals surface area contributed by atoms with Crippen molar-refractivity contribution in [3.8, 4) is 0 Å². The zero-order valence-corrected chi connectivity index (χ0v) is 12.2. The van der Waals surface area contributed by atoms with Crippen LogP contribution in [0.25, 0.3) is 0 Å². The number of nitrogens with one attached hydrogen (secondary N) is 1. The van der Waals surface area contributed by atoms with E-state index in [1.165, 1.54) is 29.7 Å². The number of nitrogens with zero attached hydrogens (tertiary/aromatic N) is 1. The number of hydrogen-bond acceptors (Lipinski definition) is 2. The summed E-state index contributed by atoms with van der Waals surface area (Å²) in [5.74, 6) is 0.704. The first-order valence-corrected chi connectivity index (χ1v) is 7.18. The summed E-state index contributed by atoms with van der Waals surface area (Å²) in [6.07, 6.45) is 2.40. The van der Waals surface area contributed by atoms with Crippen LogP contribution >= 0.6 is 0 Å². The first-order chi connectivity index (χ1) is 8.61. The van der Waals surface area contributed by atoms with Gasteiger partial charge in [-0.1, -0.05) is 32.9 Å². The molecule has 1 atom stereocenters. The Morgan fingerprint density at radius 2 is 2.11 bits per heavy atom. The van der Waals surface area contributed by atoms with E-state index in [-0.39, 0.29) is 0 Å². The average Bonchev–Trinajstić information content (AvgIpc) is 2.71. The molecule has 0 aliphatic carbocycles. The Balaban J connectivity index is 1.99. The molecule has 0 bridgehead atoms. The number of hydrogen-bond donors (Lipinski definition) is 1. The summed E-state index contributed by atoms with van der Waals surface area (Å²) in [4.78, 5) is 2.34. The Hall–Kier alpha value is -1.02. The Bertz CT molecular complexity index is 398. The first kappa shape index (κ1) is 13.4. The summed E-state index contributed by atoms with van der Waals surface area (Å²) in [7, 11) is 2.18. The number of benzene rings is 1. The van der Waals surface area contributed by atoms with Crippen molar-refractivity contribution >= 4 is 5.69 Å². The summed E-state index contributed by atoms with van der Waals surface area (Å²) in [5.41, 5.74) is 4.34. The minimum atomic E-state index is 0.626. The quantitative estimate of drug-likeness (QED) is 0.858. The maximum Gasteiger partial charge on any atom is 0.0397 e. The molecule has 2 nitrogen and oxygen atoms in total. The summed E-state index contributed by atoms with van der Waals surface area (Å²) in [5, 5.41) is 3.67. The van der Waals surface area contributed by atoms with E-state index in [4.69, 9.17) is 0 Å². The van der Waals surface area contributed by atoms with Gasteiger partial charge in [-0.15, -0.1) is 0 Å². The van der Waals surface area contributed by atoms with Crippen molar-refractivity contribution in [1.82, 2.24) is 5.32 Å². The fourth-order valence-electron chi connectivity index (χ4n) is 2.83. The van der Waals surface area contributed by atoms with Crippen molar-refractivity contribution in [1.29, 1.82) is 0 Å². The highest BCUT2D eigenvalue weighted by atomic mass is 15.1. The molecule has 0 amide bonds. The second-order valence-electron chi connectivity index (χ2n) is 5.77. The fraction of sp³-hybridized carbons (Fsp3) is 0.625. The van der Waals surface area contributed by atoms with Gasteiger partial charge in [0, 0.05) is 31.9 Å². The van der Waals surface area contributed by atoms with Crippen molar-refractivity contribution in [2.75, 3.05) is 18.5 Å². The van der Waals surface area contributed by atoms with E-state index < -0.39 is 0 Å². The molecule has 0 aromatic heterocycles. The first-order valence-electron chi connectivity index (χ1n) is 7.18. The van der Waals surface area contributed by atoms with Crippen LogP contribution in [-0.4, -0.2) is 19.6 Å². The molecule has 0 radical (unpaired) electrons. The topological polar surface area (TPSA) is 15.3 Å². The van der Waals surface area contributed by atoms with Gasteiger partial charge < -0.3 is 10.2 Å². The maximum atomic E-state index is 3.67. The molecule has 0 fully saturated rings. The number of fused-ring (bicyclic) bond motifs is 1. The molecule has 100 valence electrons. The standard InChI is InChI=1S/C16H26N2/c1-5-15(12(2)3)17-11-13-6-7-16-14(10-13)8-9-18(16)4/h6-7,10,12,15,17H,5,8-9,11H2,1-4H3. The van der Waals surface area contributed by atoms with Gasteiger partial charge in [-0.05, 0) is 36.0 Å². The van der Waals surface area contributed by atoms with Crippen LogP contribution in [0.1, 0.15) is 38.3 Å². The molecule has 2 rings (SSSR count). The lowest BCUT2D eigenvalue weighted by Crippen LogP contribution is -2.32. The Labute approximate surface area is 111 Å². The van der Waals surface area contributed by atoms with E-state index in [2.05, 4.69) is 56.2 Å². The monoisotopic (exact) mass is 246 g/mol. The molecule has 1 unspecified atom stereocenters. The van der Waals surface area contributed by atoms with Gasteiger partial charge >= 0.3 is 0 Å². The highest BCUT2D eigenvalue weighted by Crippen LogP contribution is 2.27. The Morgan fingerprint density at radius 3 is 2.78 bits per heavy atom. The predicted octanol–water partition coefficient (Wildman–Crippen LogP) is 3.20. The third-order valence-electron chi connectivity index (χ3n) is 4.08. The van der Waals surface area contributed by atoms with Gasteiger partial charge in [-0.25, -0.2) is 0 Å². The zero-order valence-electron chi connectivity index (χ0n) is 12.2. The molecule has 2 heteroatoms. The lowest BCUT2D eigenvalue weighted by molar-refractivity contribution is 0.387. The Morgan fingerprint density at radius 1 is 1.33 bits per heavy atom. The van der Waals surface area contributed by atoms with Gasteiger partial charge in [0.05, 0.1) is 0 Å². The molecule has 1 aliphatic heterocycles. The van der Waals surface area contributed by atoms with Crippen LogP contribution in [0, 0.1) is 5.92 Å². The number of anilines is 1. The molecule has 1 heterocycles. The van der Waals surface area contributed by atoms with Crippen LogP contribution in [0.4, 0.5) is 5.69 Å². The van der Waals surface area contributed by atoms with Gasteiger partial charge in [0.1, 0.15) is 0 Å². The van der Waals surface area contributed by atoms with Crippen molar-refractivity contribution in [2.45, 2.75) is 46.2 Å². The van der Waals surface area contributed by atoms with Crippen molar-refractivity contribution in [3.05, 3.63) is 29.3 Å². The highest BCUT2D eigenvalue weighted by molar-refractivity contribution is 5.58. The normalized spacial score (nSPS) is 16.2. The molecule has 1 aromatic carbocycles. The van der Waals surface area contributed by atoms with Gasteiger partial charge in [0.2, 0.25) is 0 Å². The summed E-state index contributed by atoms with van der Waals surface area (Å²) in [6, 6.07) is 7.54. The van der Waals surface area contributed by atoms with E-state index in [1.54, 1.807) is 0 Å². The largest absolute Gasteiger partial charge is 0.374 e. The lowest BCUT2D eigenvalue weighted by Gasteiger charge is -2.21. The maximum absolute atomic E-state index is 3.67. The van der Waals surface area contributed by atoms with Gasteiger partial charge in [-0.3, -0.25) is 0 Å². The Kier molecular flexibility index (Phi) is 4.28. The molecular weight excluding hydrogens is 220 g/mol. The third kappa shape index (κ3) is 2.86. The average molecular weight is 246 g/mol. The molecule has 1 aromatic rings. The SMILES string of the molecule is CCC(NCc1ccc2c(c1)CCN2C)C(C)C. The van der Waals surface area contributed by atoms with Crippen LogP contribution < -0.4 is 10.2 Å². The molecule has 1 aliphatic rings. The van der Waals surface area contributed by atoms with Crippen molar-refractivity contribution in [2.24, 2.45) is 5.92 Å². The highest BCUT2D eigenvalue weighted by Gasteiger charge is 2.16. The fourth-order valence-corrected chi connectivity index (χ4v) is 2.83. The molecule has 1 N–H and O–H groups in total. The van der Waals surface area contributed by atoms with Crippen molar-refractivity contribution in [3.63, 3.8) is 0 Å². The summed E-state index contributed by atoms with van der Waals surface area (Å²) >= 11 is 0. The van der Waals surface area contributed by atoms with Gasteiger partial charge in [0.25, 0.3) is 0 Å². The third-order valence-corrected chi connectivity index (χ3v) is 4.08. The van der Waals surface area contributed by atoms with Gasteiger partial charge in [-0.2, -0.15) is 0 Å². The van der Waals surface area contributed by atoms with Crippen LogP contribution in [0.3, 0.4) is 0 Å². The molecule has 18 heavy (non-hydrogen) atoms. The van der Waals surface area contributed by atoms with Crippen LogP contribution in [-0.2, 0) is 13.0 Å². The van der Waals surface area contributed by atoms with Crippen LogP contribution in [0.5, 0.6) is 0 Å². The molecule has 0 saturated heterocycles.